The Bertz CT molecular complexity index is 1030. The lowest BCUT2D eigenvalue weighted by Crippen LogP contribution is -1.88. The van der Waals surface area contributed by atoms with Crippen molar-refractivity contribution in [3.63, 3.8) is 0 Å². The first kappa shape index (κ1) is 16.1. The summed E-state index contributed by atoms with van der Waals surface area (Å²) in [7, 11) is 0. The number of aromatic nitrogens is 3. The van der Waals surface area contributed by atoms with Crippen LogP contribution in [0.15, 0.2) is 71.4 Å². The first-order chi connectivity index (χ1) is 12.7. The molecule has 2 aromatic heterocycles. The van der Waals surface area contributed by atoms with Gasteiger partial charge in [-0.3, -0.25) is 4.98 Å². The van der Waals surface area contributed by atoms with Gasteiger partial charge in [-0.15, -0.1) is 0 Å². The van der Waals surface area contributed by atoms with Crippen LogP contribution >= 0.6 is 0 Å². The second kappa shape index (κ2) is 6.85. The SMILES string of the molecule is OCc1ccc(-c2ccc(-c3nc(-c4ccccc4F)no3)cn2)cc1. The average molecular weight is 347 g/mol. The van der Waals surface area contributed by atoms with Crippen molar-refractivity contribution in [1.29, 1.82) is 0 Å². The molecule has 2 heterocycles. The summed E-state index contributed by atoms with van der Waals surface area (Å²) in [5.41, 5.74) is 3.50. The first-order valence-corrected chi connectivity index (χ1v) is 8.00. The third kappa shape index (κ3) is 3.10. The molecule has 5 nitrogen and oxygen atoms in total. The lowest BCUT2D eigenvalue weighted by molar-refractivity contribution is 0.282. The number of aliphatic hydroxyl groups is 1. The summed E-state index contributed by atoms with van der Waals surface area (Å²) < 4.78 is 19.1. The lowest BCUT2D eigenvalue weighted by Gasteiger charge is -2.02. The van der Waals surface area contributed by atoms with E-state index in [0.29, 0.717) is 5.56 Å². The zero-order chi connectivity index (χ0) is 17.9. The van der Waals surface area contributed by atoms with Crippen LogP contribution in [0.25, 0.3) is 34.1 Å². The van der Waals surface area contributed by atoms with Crippen LogP contribution in [-0.2, 0) is 6.61 Å². The number of halogens is 1. The smallest absolute Gasteiger partial charge is 0.259 e. The Labute approximate surface area is 148 Å². The Morgan fingerprint density at radius 2 is 1.69 bits per heavy atom. The molecule has 4 rings (SSSR count). The fourth-order valence-electron chi connectivity index (χ4n) is 2.56. The van der Waals surface area contributed by atoms with Crippen molar-refractivity contribution < 1.29 is 14.0 Å². The van der Waals surface area contributed by atoms with Crippen molar-refractivity contribution in [2.45, 2.75) is 6.61 Å². The standard InChI is InChI=1S/C20H14FN3O2/c21-17-4-2-1-3-16(17)19-23-20(26-24-19)15-9-10-18(22-11-15)14-7-5-13(12-25)6-8-14/h1-11,25H,12H2. The molecule has 1 N–H and O–H groups in total. The van der Waals surface area contributed by atoms with E-state index in [-0.39, 0.29) is 23.9 Å². The Hall–Kier alpha value is -3.38. The van der Waals surface area contributed by atoms with E-state index in [1.165, 1.54) is 6.07 Å². The number of aliphatic hydroxyl groups excluding tert-OH is 1. The Morgan fingerprint density at radius 1 is 0.923 bits per heavy atom. The van der Waals surface area contributed by atoms with Crippen LogP contribution in [0.5, 0.6) is 0 Å². The van der Waals surface area contributed by atoms with Crippen molar-refractivity contribution in [2.24, 2.45) is 0 Å². The summed E-state index contributed by atoms with van der Waals surface area (Å²) >= 11 is 0. The van der Waals surface area contributed by atoms with Gasteiger partial charge in [0.25, 0.3) is 5.89 Å². The highest BCUT2D eigenvalue weighted by Gasteiger charge is 2.14. The molecule has 0 aliphatic rings. The third-order valence-electron chi connectivity index (χ3n) is 3.98. The van der Waals surface area contributed by atoms with Gasteiger partial charge in [0.05, 0.1) is 23.4 Å². The summed E-state index contributed by atoms with van der Waals surface area (Å²) in [6.45, 7) is 0.00809. The van der Waals surface area contributed by atoms with Crippen LogP contribution in [0.1, 0.15) is 5.56 Å². The van der Waals surface area contributed by atoms with Gasteiger partial charge in [-0.1, -0.05) is 41.6 Å². The van der Waals surface area contributed by atoms with Crippen LogP contribution < -0.4 is 0 Å². The van der Waals surface area contributed by atoms with E-state index in [2.05, 4.69) is 15.1 Å². The van der Waals surface area contributed by atoms with E-state index >= 15 is 0 Å². The number of benzene rings is 2. The summed E-state index contributed by atoms with van der Waals surface area (Å²) in [4.78, 5) is 8.67. The molecule has 0 spiro atoms. The maximum absolute atomic E-state index is 13.8. The van der Waals surface area contributed by atoms with Crippen LogP contribution in [0.4, 0.5) is 4.39 Å². The second-order valence-electron chi connectivity index (χ2n) is 5.69. The summed E-state index contributed by atoms with van der Waals surface area (Å²) in [6, 6.07) is 17.4. The molecular weight excluding hydrogens is 333 g/mol. The van der Waals surface area contributed by atoms with Crippen molar-refractivity contribution in [1.82, 2.24) is 15.1 Å². The van der Waals surface area contributed by atoms with Crippen molar-refractivity contribution in [2.75, 3.05) is 0 Å². The maximum atomic E-state index is 13.8. The van der Waals surface area contributed by atoms with Crippen LogP contribution in [0, 0.1) is 5.82 Å². The highest BCUT2D eigenvalue weighted by atomic mass is 19.1. The highest BCUT2D eigenvalue weighted by Crippen LogP contribution is 2.25. The lowest BCUT2D eigenvalue weighted by atomic mass is 10.1. The monoisotopic (exact) mass is 347 g/mol. The quantitative estimate of drug-likeness (QED) is 0.602. The number of pyridine rings is 1. The van der Waals surface area contributed by atoms with E-state index in [1.807, 2.05) is 36.4 Å². The minimum Gasteiger partial charge on any atom is -0.392 e. The molecule has 26 heavy (non-hydrogen) atoms. The van der Waals surface area contributed by atoms with Crippen molar-refractivity contribution in [3.05, 3.63) is 78.2 Å². The van der Waals surface area contributed by atoms with Gasteiger partial charge in [0.1, 0.15) is 5.82 Å². The van der Waals surface area contributed by atoms with Gasteiger partial charge in [0.2, 0.25) is 5.82 Å². The fourth-order valence-corrected chi connectivity index (χ4v) is 2.56. The zero-order valence-electron chi connectivity index (χ0n) is 13.6. The van der Waals surface area contributed by atoms with E-state index < -0.39 is 5.82 Å². The predicted molar refractivity (Wildman–Crippen MR) is 94.3 cm³/mol. The average Bonchev–Trinajstić information content (AvgIpc) is 3.18. The van der Waals surface area contributed by atoms with Crippen LogP contribution in [0.3, 0.4) is 0 Å². The van der Waals surface area contributed by atoms with Gasteiger partial charge in [0.15, 0.2) is 0 Å². The van der Waals surface area contributed by atoms with Gasteiger partial charge in [-0.25, -0.2) is 4.39 Å². The Kier molecular flexibility index (Phi) is 4.25. The molecule has 0 fully saturated rings. The van der Waals surface area contributed by atoms with Gasteiger partial charge >= 0.3 is 0 Å². The molecule has 0 saturated carbocycles. The molecule has 0 atom stereocenters. The topological polar surface area (TPSA) is 72.0 Å². The minimum atomic E-state index is -0.403. The number of rotatable bonds is 4. The normalized spacial score (nSPS) is 10.8. The molecule has 0 bridgehead atoms. The van der Waals surface area contributed by atoms with Crippen LogP contribution in [0.2, 0.25) is 0 Å². The van der Waals surface area contributed by atoms with Gasteiger partial charge < -0.3 is 9.63 Å². The van der Waals surface area contributed by atoms with E-state index in [0.717, 1.165) is 16.8 Å². The molecule has 0 radical (unpaired) electrons. The number of hydrogen-bond donors (Lipinski definition) is 1. The molecule has 6 heteroatoms. The number of hydrogen-bond acceptors (Lipinski definition) is 5. The zero-order valence-corrected chi connectivity index (χ0v) is 13.6. The molecule has 0 aliphatic carbocycles. The fraction of sp³-hybridized carbons (Fsp3) is 0.0500. The maximum Gasteiger partial charge on any atom is 0.259 e. The minimum absolute atomic E-state index is 0.00809. The van der Waals surface area contributed by atoms with E-state index in [9.17, 15) is 4.39 Å². The van der Waals surface area contributed by atoms with E-state index in [4.69, 9.17) is 9.63 Å². The molecule has 128 valence electrons. The van der Waals surface area contributed by atoms with Crippen LogP contribution in [-0.4, -0.2) is 20.2 Å². The Balaban J connectivity index is 1.60. The predicted octanol–water partition coefficient (Wildman–Crippen LogP) is 4.10. The molecule has 0 aliphatic heterocycles. The van der Waals surface area contributed by atoms with E-state index in [1.54, 1.807) is 24.4 Å². The highest BCUT2D eigenvalue weighted by molar-refractivity contribution is 5.64. The molecular formula is C20H14FN3O2. The molecule has 4 aromatic rings. The molecule has 0 saturated heterocycles. The summed E-state index contributed by atoms with van der Waals surface area (Å²) in [6.07, 6.45) is 1.63. The van der Waals surface area contributed by atoms with Gasteiger partial charge in [-0.05, 0) is 29.8 Å². The summed E-state index contributed by atoms with van der Waals surface area (Å²) in [5.74, 6) is 0.0688. The molecule has 2 aromatic carbocycles. The third-order valence-corrected chi connectivity index (χ3v) is 3.98. The molecule has 0 amide bonds. The first-order valence-electron chi connectivity index (χ1n) is 8.00. The largest absolute Gasteiger partial charge is 0.392 e. The van der Waals surface area contributed by atoms with Crippen molar-refractivity contribution >= 4 is 0 Å². The number of nitrogens with zero attached hydrogens (tertiary/aromatic N) is 3. The van der Waals surface area contributed by atoms with Gasteiger partial charge in [-0.2, -0.15) is 4.98 Å². The second-order valence-corrected chi connectivity index (χ2v) is 5.69. The molecule has 0 unspecified atom stereocenters. The Morgan fingerprint density at radius 3 is 2.38 bits per heavy atom. The van der Waals surface area contributed by atoms with Crippen molar-refractivity contribution in [3.8, 4) is 34.1 Å². The van der Waals surface area contributed by atoms with Gasteiger partial charge in [0, 0.05) is 11.8 Å². The summed E-state index contributed by atoms with van der Waals surface area (Å²) in [5, 5.41) is 12.9.